The molecule has 1 nitrogen and oxygen atoms in total. The Labute approximate surface area is 99.8 Å². The molecule has 0 spiro atoms. The van der Waals surface area contributed by atoms with E-state index < -0.39 is 8.07 Å². The number of rotatable bonds is 4. The number of hydrogen-bond acceptors (Lipinski definition) is 1. The van der Waals surface area contributed by atoms with E-state index >= 15 is 0 Å². The van der Waals surface area contributed by atoms with Crippen LogP contribution in [0.4, 0.5) is 0 Å². The Morgan fingerprint density at radius 2 is 1.88 bits per heavy atom. The quantitative estimate of drug-likeness (QED) is 0.627. The lowest BCUT2D eigenvalue weighted by Crippen LogP contribution is -2.44. The van der Waals surface area contributed by atoms with Crippen molar-refractivity contribution < 1.29 is 5.11 Å². The van der Waals surface area contributed by atoms with Gasteiger partial charge >= 0.3 is 0 Å². The van der Waals surface area contributed by atoms with Crippen LogP contribution >= 0.6 is 0 Å². The topological polar surface area (TPSA) is 20.2 Å². The summed E-state index contributed by atoms with van der Waals surface area (Å²) in [6.07, 6.45) is 1.71. The summed E-state index contributed by atoms with van der Waals surface area (Å²) in [5, 5.41) is 11.5. The molecule has 1 N–H and O–H groups in total. The maximum atomic E-state index is 10.1. The lowest BCUT2D eigenvalue weighted by atomic mass is 10.2. The first kappa shape index (κ1) is 13.2. The molecule has 0 aromatic heterocycles. The van der Waals surface area contributed by atoms with Gasteiger partial charge in [-0.2, -0.15) is 0 Å². The Kier molecular flexibility index (Phi) is 4.51. The number of allylic oxidation sites excluding steroid dienone is 1. The van der Waals surface area contributed by atoms with E-state index in [1.165, 1.54) is 5.19 Å². The first-order valence-electron chi connectivity index (χ1n) is 5.84. The average Bonchev–Trinajstić information content (AvgIpc) is 2.28. The lowest BCUT2D eigenvalue weighted by molar-refractivity contribution is 0.229. The second kappa shape index (κ2) is 5.46. The molecule has 1 aromatic carbocycles. The molecular weight excluding hydrogens is 212 g/mol. The van der Waals surface area contributed by atoms with Crippen LogP contribution in [0.25, 0.3) is 0 Å². The zero-order chi connectivity index (χ0) is 12.2. The Bertz CT molecular complexity index is 354. The van der Waals surface area contributed by atoms with E-state index in [2.05, 4.69) is 37.4 Å². The van der Waals surface area contributed by atoms with Crippen molar-refractivity contribution in [1.29, 1.82) is 0 Å². The van der Waals surface area contributed by atoms with Crippen LogP contribution in [0.15, 0.2) is 42.0 Å². The molecule has 0 saturated carbocycles. The molecule has 0 heterocycles. The van der Waals surface area contributed by atoms with Crippen LogP contribution in [0.2, 0.25) is 19.1 Å². The van der Waals surface area contributed by atoms with Crippen molar-refractivity contribution in [2.24, 2.45) is 0 Å². The van der Waals surface area contributed by atoms with E-state index in [1.54, 1.807) is 0 Å². The van der Waals surface area contributed by atoms with Crippen LogP contribution in [0.1, 0.15) is 13.8 Å². The molecule has 1 atom stereocenters. The summed E-state index contributed by atoms with van der Waals surface area (Å²) in [5.41, 5.74) is 1.08. The average molecular weight is 234 g/mol. The van der Waals surface area contributed by atoms with Crippen LogP contribution in [0.5, 0.6) is 0 Å². The predicted octanol–water partition coefficient (Wildman–Crippen LogP) is 2.93. The molecule has 0 aliphatic carbocycles. The van der Waals surface area contributed by atoms with Gasteiger partial charge in [-0.05, 0) is 25.5 Å². The van der Waals surface area contributed by atoms with Crippen LogP contribution in [0, 0.1) is 0 Å². The summed E-state index contributed by atoms with van der Waals surface area (Å²) in [7, 11) is -1.51. The third-order valence-electron chi connectivity index (χ3n) is 3.24. The lowest BCUT2D eigenvalue weighted by Gasteiger charge is -2.26. The van der Waals surface area contributed by atoms with Gasteiger partial charge in [0.05, 0.1) is 14.2 Å². The Morgan fingerprint density at radius 1 is 1.31 bits per heavy atom. The van der Waals surface area contributed by atoms with Gasteiger partial charge in [-0.15, -0.1) is 0 Å². The molecule has 1 rings (SSSR count). The van der Waals surface area contributed by atoms with Crippen molar-refractivity contribution in [3.63, 3.8) is 0 Å². The highest BCUT2D eigenvalue weighted by Gasteiger charge is 2.26. The molecule has 0 saturated heterocycles. The van der Waals surface area contributed by atoms with Gasteiger partial charge in [-0.3, -0.25) is 0 Å². The van der Waals surface area contributed by atoms with Crippen molar-refractivity contribution in [2.75, 3.05) is 0 Å². The molecular formula is C14H22OSi. The van der Waals surface area contributed by atoms with Gasteiger partial charge in [0.1, 0.15) is 0 Å². The highest BCUT2D eigenvalue weighted by molar-refractivity contribution is 6.89. The maximum absolute atomic E-state index is 10.1. The van der Waals surface area contributed by atoms with Gasteiger partial charge in [0, 0.05) is 0 Å². The van der Waals surface area contributed by atoms with Crippen LogP contribution in [-0.4, -0.2) is 19.3 Å². The van der Waals surface area contributed by atoms with Crippen molar-refractivity contribution >= 4 is 13.3 Å². The molecule has 1 aromatic rings. The predicted molar refractivity (Wildman–Crippen MR) is 73.8 cm³/mol. The fourth-order valence-corrected chi connectivity index (χ4v) is 4.46. The first-order chi connectivity index (χ1) is 7.47. The number of aliphatic hydroxyl groups is 1. The SMILES string of the molecule is CC=C(C)C(O)C[Si](C)(C)c1ccccc1. The third-order valence-corrected chi connectivity index (χ3v) is 6.54. The smallest absolute Gasteiger partial charge is 0.0834 e. The third kappa shape index (κ3) is 3.32. The fourth-order valence-electron chi connectivity index (χ4n) is 1.84. The van der Waals surface area contributed by atoms with Gasteiger partial charge in [-0.1, -0.05) is 54.7 Å². The zero-order valence-corrected chi connectivity index (χ0v) is 11.7. The molecule has 16 heavy (non-hydrogen) atoms. The van der Waals surface area contributed by atoms with Crippen LogP contribution in [-0.2, 0) is 0 Å². The standard InChI is InChI=1S/C14H22OSi/c1-5-12(2)14(15)11-16(3,4)13-9-7-6-8-10-13/h5-10,14-15H,11H2,1-4H3. The van der Waals surface area contributed by atoms with Crippen molar-refractivity contribution in [2.45, 2.75) is 39.1 Å². The summed E-state index contributed by atoms with van der Waals surface area (Å²) in [6.45, 7) is 8.61. The summed E-state index contributed by atoms with van der Waals surface area (Å²) in [5.74, 6) is 0. The minimum absolute atomic E-state index is 0.285. The molecule has 0 aliphatic heterocycles. The minimum Gasteiger partial charge on any atom is -0.389 e. The van der Waals surface area contributed by atoms with Crippen molar-refractivity contribution in [1.82, 2.24) is 0 Å². The molecule has 0 aliphatic rings. The second-order valence-electron chi connectivity index (χ2n) is 5.00. The van der Waals surface area contributed by atoms with Gasteiger partial charge in [-0.25, -0.2) is 0 Å². The number of benzene rings is 1. The highest BCUT2D eigenvalue weighted by atomic mass is 28.3. The van der Waals surface area contributed by atoms with E-state index in [1.807, 2.05) is 26.0 Å². The molecule has 2 heteroatoms. The normalized spacial score (nSPS) is 14.9. The van der Waals surface area contributed by atoms with E-state index in [9.17, 15) is 5.11 Å². The van der Waals surface area contributed by atoms with Gasteiger partial charge in [0.2, 0.25) is 0 Å². The summed E-state index contributed by atoms with van der Waals surface area (Å²) >= 11 is 0. The molecule has 0 fully saturated rings. The van der Waals surface area contributed by atoms with Gasteiger partial charge < -0.3 is 5.11 Å². The Balaban J connectivity index is 2.80. The maximum Gasteiger partial charge on any atom is 0.0834 e. The number of aliphatic hydroxyl groups excluding tert-OH is 1. The largest absolute Gasteiger partial charge is 0.389 e. The van der Waals surface area contributed by atoms with Crippen LogP contribution < -0.4 is 5.19 Å². The van der Waals surface area contributed by atoms with E-state index in [-0.39, 0.29) is 6.10 Å². The highest BCUT2D eigenvalue weighted by Crippen LogP contribution is 2.17. The summed E-state index contributed by atoms with van der Waals surface area (Å²) < 4.78 is 0. The minimum atomic E-state index is -1.51. The van der Waals surface area contributed by atoms with E-state index in [4.69, 9.17) is 0 Å². The molecule has 0 amide bonds. The molecule has 88 valence electrons. The van der Waals surface area contributed by atoms with Crippen molar-refractivity contribution in [3.05, 3.63) is 42.0 Å². The Morgan fingerprint density at radius 3 is 2.38 bits per heavy atom. The fraction of sp³-hybridized carbons (Fsp3) is 0.429. The summed E-state index contributed by atoms with van der Waals surface area (Å²) in [6, 6.07) is 11.5. The monoisotopic (exact) mass is 234 g/mol. The second-order valence-corrected chi connectivity index (χ2v) is 9.76. The number of hydrogen-bond donors (Lipinski definition) is 1. The molecule has 0 radical (unpaired) electrons. The van der Waals surface area contributed by atoms with Gasteiger partial charge in [0.25, 0.3) is 0 Å². The summed E-state index contributed by atoms with van der Waals surface area (Å²) in [4.78, 5) is 0. The first-order valence-corrected chi connectivity index (χ1v) is 9.04. The zero-order valence-electron chi connectivity index (χ0n) is 10.7. The van der Waals surface area contributed by atoms with E-state index in [0.717, 1.165) is 11.6 Å². The van der Waals surface area contributed by atoms with E-state index in [0.29, 0.717) is 0 Å². The van der Waals surface area contributed by atoms with Crippen LogP contribution in [0.3, 0.4) is 0 Å². The van der Waals surface area contributed by atoms with Gasteiger partial charge in [0.15, 0.2) is 0 Å². The Hall–Kier alpha value is -0.863. The van der Waals surface area contributed by atoms with Crippen molar-refractivity contribution in [3.8, 4) is 0 Å². The molecule has 1 unspecified atom stereocenters. The molecule has 0 bridgehead atoms.